The van der Waals surface area contributed by atoms with E-state index in [0.29, 0.717) is 4.47 Å². The van der Waals surface area contributed by atoms with E-state index in [9.17, 15) is 14.7 Å². The van der Waals surface area contributed by atoms with Gasteiger partial charge in [0.2, 0.25) is 0 Å². The quantitative estimate of drug-likeness (QED) is 0.629. The fourth-order valence-corrected chi connectivity index (χ4v) is 2.72. The predicted molar refractivity (Wildman–Crippen MR) is 93.2 cm³/mol. The topological polar surface area (TPSA) is 66.4 Å². The Labute approximate surface area is 147 Å². The van der Waals surface area contributed by atoms with Crippen molar-refractivity contribution in [3.63, 3.8) is 0 Å². The molecule has 0 heterocycles. The van der Waals surface area contributed by atoms with Crippen LogP contribution in [0, 0.1) is 3.57 Å². The molecule has 0 spiro atoms. The van der Waals surface area contributed by atoms with Gasteiger partial charge in [-0.2, -0.15) is 0 Å². The summed E-state index contributed by atoms with van der Waals surface area (Å²) in [5.74, 6) is -1.57. The Balaban J connectivity index is 2.36. The summed E-state index contributed by atoms with van der Waals surface area (Å²) < 4.78 is 1.47. The zero-order valence-corrected chi connectivity index (χ0v) is 14.9. The Morgan fingerprint density at radius 3 is 2.52 bits per heavy atom. The first-order valence-corrected chi connectivity index (χ1v) is 7.92. The van der Waals surface area contributed by atoms with E-state index in [4.69, 9.17) is 11.6 Å². The molecule has 0 radical (unpaired) electrons. The number of nitrogens with one attached hydrogen (secondary N) is 1. The van der Waals surface area contributed by atoms with Crippen molar-refractivity contribution < 1.29 is 14.7 Å². The van der Waals surface area contributed by atoms with Gasteiger partial charge in [0.05, 0.1) is 21.8 Å². The highest BCUT2D eigenvalue weighted by Gasteiger charge is 2.16. The van der Waals surface area contributed by atoms with Gasteiger partial charge in [-0.05, 0) is 59.0 Å². The molecular formula is C14H8BrClINO3. The zero-order chi connectivity index (χ0) is 15.6. The summed E-state index contributed by atoms with van der Waals surface area (Å²) in [4.78, 5) is 23.5. The van der Waals surface area contributed by atoms with Crippen molar-refractivity contribution in [1.29, 1.82) is 0 Å². The third-order valence-electron chi connectivity index (χ3n) is 2.63. The Kier molecular flexibility index (Phi) is 5.23. The fourth-order valence-electron chi connectivity index (χ4n) is 1.66. The molecule has 0 aliphatic rings. The van der Waals surface area contributed by atoms with Crippen LogP contribution in [-0.2, 0) is 0 Å². The Hall–Kier alpha value is -1.12. The lowest BCUT2D eigenvalue weighted by Gasteiger charge is -2.10. The number of aromatic carboxylic acids is 1. The minimum Gasteiger partial charge on any atom is -0.478 e. The summed E-state index contributed by atoms with van der Waals surface area (Å²) in [7, 11) is 0. The molecule has 0 atom stereocenters. The monoisotopic (exact) mass is 479 g/mol. The van der Waals surface area contributed by atoms with E-state index in [1.165, 1.54) is 6.07 Å². The van der Waals surface area contributed by atoms with E-state index in [1.54, 1.807) is 30.3 Å². The summed E-state index contributed by atoms with van der Waals surface area (Å²) in [5.41, 5.74) is 0.520. The van der Waals surface area contributed by atoms with E-state index >= 15 is 0 Å². The number of halogens is 3. The van der Waals surface area contributed by atoms with Crippen LogP contribution in [0.2, 0.25) is 5.02 Å². The van der Waals surface area contributed by atoms with E-state index in [1.807, 2.05) is 22.6 Å². The van der Waals surface area contributed by atoms with Crippen LogP contribution in [0.1, 0.15) is 20.7 Å². The third kappa shape index (κ3) is 3.96. The van der Waals surface area contributed by atoms with E-state index in [2.05, 4.69) is 21.2 Å². The van der Waals surface area contributed by atoms with Crippen molar-refractivity contribution in [2.45, 2.75) is 0 Å². The fraction of sp³-hybridized carbons (Fsp3) is 0. The van der Waals surface area contributed by atoms with Crippen LogP contribution in [0.5, 0.6) is 0 Å². The van der Waals surface area contributed by atoms with Crippen molar-refractivity contribution in [3.8, 4) is 0 Å². The minimum absolute atomic E-state index is 0.0290. The van der Waals surface area contributed by atoms with Crippen LogP contribution < -0.4 is 5.32 Å². The summed E-state index contributed by atoms with van der Waals surface area (Å²) in [6.45, 7) is 0. The van der Waals surface area contributed by atoms with E-state index in [0.717, 1.165) is 3.57 Å². The average molecular weight is 480 g/mol. The largest absolute Gasteiger partial charge is 0.478 e. The number of benzene rings is 2. The highest BCUT2D eigenvalue weighted by atomic mass is 127. The molecule has 2 rings (SSSR count). The SMILES string of the molecule is O=C(Nc1ccc(I)cc1C(=O)O)c1cc(Br)ccc1Cl. The number of amides is 1. The van der Waals surface area contributed by atoms with Crippen LogP contribution in [0.15, 0.2) is 40.9 Å². The van der Waals surface area contributed by atoms with Crippen molar-refractivity contribution in [2.75, 3.05) is 5.32 Å². The maximum Gasteiger partial charge on any atom is 0.337 e. The molecule has 0 saturated heterocycles. The Morgan fingerprint density at radius 2 is 1.86 bits per heavy atom. The second kappa shape index (κ2) is 6.76. The summed E-state index contributed by atoms with van der Waals surface area (Å²) in [6.07, 6.45) is 0. The van der Waals surface area contributed by atoms with Crippen LogP contribution >= 0.6 is 50.1 Å². The van der Waals surface area contributed by atoms with E-state index < -0.39 is 11.9 Å². The predicted octanol–water partition coefficient (Wildman–Crippen LogP) is 4.66. The minimum atomic E-state index is -1.11. The number of carbonyl (C=O) groups excluding carboxylic acids is 1. The molecule has 1 amide bonds. The average Bonchev–Trinajstić information content (AvgIpc) is 2.43. The molecule has 21 heavy (non-hydrogen) atoms. The maximum atomic E-state index is 12.2. The molecule has 0 saturated carbocycles. The molecule has 7 heteroatoms. The lowest BCUT2D eigenvalue weighted by molar-refractivity contribution is 0.0698. The molecule has 4 nitrogen and oxygen atoms in total. The first-order valence-electron chi connectivity index (χ1n) is 5.67. The van der Waals surface area contributed by atoms with Crippen molar-refractivity contribution in [2.24, 2.45) is 0 Å². The van der Waals surface area contributed by atoms with Crippen LogP contribution in [-0.4, -0.2) is 17.0 Å². The summed E-state index contributed by atoms with van der Waals surface area (Å²) in [5, 5.41) is 12.0. The molecule has 0 aliphatic carbocycles. The normalized spacial score (nSPS) is 10.2. The number of hydrogen-bond donors (Lipinski definition) is 2. The number of rotatable bonds is 3. The first kappa shape index (κ1) is 16.3. The highest BCUT2D eigenvalue weighted by molar-refractivity contribution is 14.1. The van der Waals surface area contributed by atoms with Gasteiger partial charge in [-0.3, -0.25) is 4.79 Å². The molecule has 0 aliphatic heterocycles. The van der Waals surface area contributed by atoms with Gasteiger partial charge < -0.3 is 10.4 Å². The Morgan fingerprint density at radius 1 is 1.14 bits per heavy atom. The number of anilines is 1. The third-order valence-corrected chi connectivity index (χ3v) is 4.13. The smallest absolute Gasteiger partial charge is 0.337 e. The zero-order valence-electron chi connectivity index (χ0n) is 10.4. The highest BCUT2D eigenvalue weighted by Crippen LogP contribution is 2.24. The second-order valence-corrected chi connectivity index (χ2v) is 6.64. The van der Waals surface area contributed by atoms with Gasteiger partial charge in [-0.15, -0.1) is 0 Å². The first-order chi connectivity index (χ1) is 9.88. The molecule has 2 aromatic rings. The van der Waals surface area contributed by atoms with Gasteiger partial charge in [0.15, 0.2) is 0 Å². The molecule has 2 N–H and O–H groups in total. The summed E-state index contributed by atoms with van der Waals surface area (Å²) >= 11 is 11.3. The van der Waals surface area contributed by atoms with Crippen molar-refractivity contribution in [3.05, 3.63) is 60.6 Å². The lowest BCUT2D eigenvalue weighted by atomic mass is 10.1. The molecule has 0 bridgehead atoms. The van der Waals surface area contributed by atoms with Gasteiger partial charge in [0, 0.05) is 8.04 Å². The molecular weight excluding hydrogens is 472 g/mol. The van der Waals surface area contributed by atoms with Crippen LogP contribution in [0.3, 0.4) is 0 Å². The van der Waals surface area contributed by atoms with Crippen LogP contribution in [0.25, 0.3) is 0 Å². The number of carboxylic acid groups (broad SMARTS) is 1. The van der Waals surface area contributed by atoms with E-state index in [-0.39, 0.29) is 21.8 Å². The molecule has 0 unspecified atom stereocenters. The van der Waals surface area contributed by atoms with Gasteiger partial charge in [-0.1, -0.05) is 27.5 Å². The lowest BCUT2D eigenvalue weighted by Crippen LogP contribution is -2.15. The Bertz CT molecular complexity index is 736. The van der Waals surface area contributed by atoms with Gasteiger partial charge >= 0.3 is 5.97 Å². The van der Waals surface area contributed by atoms with Gasteiger partial charge in [0.1, 0.15) is 0 Å². The van der Waals surface area contributed by atoms with Gasteiger partial charge in [-0.25, -0.2) is 4.79 Å². The molecule has 2 aromatic carbocycles. The van der Waals surface area contributed by atoms with Gasteiger partial charge in [0.25, 0.3) is 5.91 Å². The number of carboxylic acids is 1. The van der Waals surface area contributed by atoms with Crippen molar-refractivity contribution >= 4 is 67.7 Å². The molecule has 0 aromatic heterocycles. The van der Waals surface area contributed by atoms with Crippen LogP contribution in [0.4, 0.5) is 5.69 Å². The molecule has 108 valence electrons. The number of carbonyl (C=O) groups is 2. The number of hydrogen-bond acceptors (Lipinski definition) is 2. The summed E-state index contributed by atoms with van der Waals surface area (Å²) in [6, 6.07) is 9.63. The molecule has 0 fully saturated rings. The van der Waals surface area contributed by atoms with Crippen molar-refractivity contribution in [1.82, 2.24) is 0 Å². The standard InChI is InChI=1S/C14H8BrClINO3/c15-7-1-3-11(16)9(5-7)13(19)18-12-4-2-8(17)6-10(12)14(20)21/h1-6H,(H,18,19)(H,20,21). The maximum absolute atomic E-state index is 12.2. The second-order valence-electron chi connectivity index (χ2n) is 4.07.